The number of fused-ring (bicyclic) bond motifs is 1. The van der Waals surface area contributed by atoms with E-state index in [4.69, 9.17) is 0 Å². The molecule has 1 fully saturated rings. The lowest BCUT2D eigenvalue weighted by atomic mass is 10.0. The van der Waals surface area contributed by atoms with Gasteiger partial charge in [-0.1, -0.05) is 0 Å². The van der Waals surface area contributed by atoms with Gasteiger partial charge in [-0.15, -0.1) is 0 Å². The zero-order valence-electron chi connectivity index (χ0n) is 11.4. The van der Waals surface area contributed by atoms with Crippen LogP contribution in [0.15, 0.2) is 18.2 Å². The Kier molecular flexibility index (Phi) is 3.22. The summed E-state index contributed by atoms with van der Waals surface area (Å²) in [5.41, 5.74) is 2.30. The first-order chi connectivity index (χ1) is 9.54. The van der Waals surface area contributed by atoms with Gasteiger partial charge in [-0.3, -0.25) is 9.59 Å². The fourth-order valence-corrected chi connectivity index (χ4v) is 2.91. The molecule has 2 atom stereocenters. The average molecular weight is 274 g/mol. The van der Waals surface area contributed by atoms with Crippen LogP contribution in [0.25, 0.3) is 0 Å². The highest BCUT2D eigenvalue weighted by Gasteiger charge is 2.30. The van der Waals surface area contributed by atoms with Gasteiger partial charge in [0.05, 0.1) is 12.5 Å². The molecule has 1 saturated heterocycles. The summed E-state index contributed by atoms with van der Waals surface area (Å²) in [4.78, 5) is 25.5. The Bertz CT molecular complexity index is 568. The molecule has 1 aromatic carbocycles. The summed E-state index contributed by atoms with van der Waals surface area (Å²) in [6, 6.07) is 5.34. The second kappa shape index (κ2) is 4.90. The first-order valence-corrected chi connectivity index (χ1v) is 6.94. The molecule has 0 bridgehead atoms. The van der Waals surface area contributed by atoms with Crippen molar-refractivity contribution in [1.82, 2.24) is 4.90 Å². The molecule has 3 rings (SSSR count). The molecule has 0 radical (unpaired) electrons. The standard InChI is InChI=1S/C15H18N2O3/c1-9(18)11-4-5-17(8-11)15(20)10-2-3-13-12(6-10)7-14(19)16-13/h2-3,6,9,11,18H,4-5,7-8H2,1H3,(H,16,19). The van der Waals surface area contributed by atoms with Crippen molar-refractivity contribution in [2.75, 3.05) is 18.4 Å². The Hall–Kier alpha value is -1.88. The van der Waals surface area contributed by atoms with Gasteiger partial charge in [-0.25, -0.2) is 0 Å². The number of carbonyl (C=O) groups is 2. The van der Waals surface area contributed by atoms with Crippen molar-refractivity contribution in [2.45, 2.75) is 25.9 Å². The number of hydrogen-bond acceptors (Lipinski definition) is 3. The molecule has 106 valence electrons. The van der Waals surface area contributed by atoms with Gasteiger partial charge in [0.2, 0.25) is 5.91 Å². The van der Waals surface area contributed by atoms with Crippen molar-refractivity contribution in [1.29, 1.82) is 0 Å². The van der Waals surface area contributed by atoms with Crippen LogP contribution >= 0.6 is 0 Å². The number of nitrogens with zero attached hydrogens (tertiary/aromatic N) is 1. The second-order valence-electron chi connectivity index (χ2n) is 5.64. The van der Waals surface area contributed by atoms with E-state index < -0.39 is 0 Å². The third-order valence-corrected chi connectivity index (χ3v) is 4.17. The molecule has 2 N–H and O–H groups in total. The minimum Gasteiger partial charge on any atom is -0.393 e. The van der Waals surface area contributed by atoms with E-state index in [1.165, 1.54) is 0 Å². The van der Waals surface area contributed by atoms with Gasteiger partial charge < -0.3 is 15.3 Å². The van der Waals surface area contributed by atoms with Gasteiger partial charge in [0.1, 0.15) is 0 Å². The normalized spacial score (nSPS) is 22.6. The number of hydrogen-bond donors (Lipinski definition) is 2. The highest BCUT2D eigenvalue weighted by Crippen LogP contribution is 2.26. The van der Waals surface area contributed by atoms with Gasteiger partial charge in [0.25, 0.3) is 5.91 Å². The molecule has 20 heavy (non-hydrogen) atoms. The number of aliphatic hydroxyl groups is 1. The Labute approximate surface area is 117 Å². The van der Waals surface area contributed by atoms with E-state index in [9.17, 15) is 14.7 Å². The number of amides is 2. The Morgan fingerprint density at radius 2 is 2.30 bits per heavy atom. The van der Waals surface area contributed by atoms with Crippen molar-refractivity contribution in [3.63, 3.8) is 0 Å². The summed E-state index contributed by atoms with van der Waals surface area (Å²) in [5.74, 6) is 0.117. The SMILES string of the molecule is CC(O)C1CCN(C(=O)c2ccc3c(c2)CC(=O)N3)C1. The van der Waals surface area contributed by atoms with Crippen molar-refractivity contribution in [2.24, 2.45) is 5.92 Å². The zero-order chi connectivity index (χ0) is 14.3. The van der Waals surface area contributed by atoms with E-state index >= 15 is 0 Å². The number of likely N-dealkylation sites (tertiary alicyclic amines) is 1. The Balaban J connectivity index is 1.76. The maximum absolute atomic E-state index is 12.4. The lowest BCUT2D eigenvalue weighted by Gasteiger charge is -2.18. The largest absolute Gasteiger partial charge is 0.393 e. The van der Waals surface area contributed by atoms with Gasteiger partial charge in [0, 0.05) is 30.3 Å². The van der Waals surface area contributed by atoms with Gasteiger partial charge >= 0.3 is 0 Å². The number of nitrogens with one attached hydrogen (secondary N) is 1. The smallest absolute Gasteiger partial charge is 0.253 e. The van der Waals surface area contributed by atoms with E-state index in [0.717, 1.165) is 17.7 Å². The summed E-state index contributed by atoms with van der Waals surface area (Å²) >= 11 is 0. The number of anilines is 1. The van der Waals surface area contributed by atoms with Gasteiger partial charge in [-0.2, -0.15) is 0 Å². The van der Waals surface area contributed by atoms with Crippen LogP contribution in [0.4, 0.5) is 5.69 Å². The van der Waals surface area contributed by atoms with Crippen molar-refractivity contribution in [3.05, 3.63) is 29.3 Å². The van der Waals surface area contributed by atoms with Crippen LogP contribution in [-0.2, 0) is 11.2 Å². The molecule has 2 unspecified atom stereocenters. The molecule has 0 spiro atoms. The van der Waals surface area contributed by atoms with Crippen LogP contribution in [0, 0.1) is 5.92 Å². The lowest BCUT2D eigenvalue weighted by molar-refractivity contribution is -0.115. The average Bonchev–Trinajstić information content (AvgIpc) is 3.02. The molecule has 5 nitrogen and oxygen atoms in total. The molecule has 2 aliphatic rings. The first kappa shape index (κ1) is 13.1. The monoisotopic (exact) mass is 274 g/mol. The van der Waals surface area contributed by atoms with Crippen molar-refractivity contribution in [3.8, 4) is 0 Å². The summed E-state index contributed by atoms with van der Waals surface area (Å²) in [6.07, 6.45) is 0.802. The molecule has 2 aliphatic heterocycles. The molecule has 5 heteroatoms. The summed E-state index contributed by atoms with van der Waals surface area (Å²) in [5, 5.41) is 12.4. The molecule has 0 aliphatic carbocycles. The number of benzene rings is 1. The highest BCUT2D eigenvalue weighted by molar-refractivity contribution is 6.01. The van der Waals surface area contributed by atoms with Crippen molar-refractivity contribution < 1.29 is 14.7 Å². The van der Waals surface area contributed by atoms with E-state index in [0.29, 0.717) is 25.1 Å². The van der Waals surface area contributed by atoms with Crippen LogP contribution in [-0.4, -0.2) is 41.0 Å². The summed E-state index contributed by atoms with van der Waals surface area (Å²) in [6.45, 7) is 3.05. The fraction of sp³-hybridized carbons (Fsp3) is 0.467. The molecule has 0 saturated carbocycles. The predicted octanol–water partition coefficient (Wildman–Crippen LogP) is 1.02. The van der Waals surface area contributed by atoms with E-state index in [1.54, 1.807) is 30.0 Å². The number of rotatable bonds is 2. The third-order valence-electron chi connectivity index (χ3n) is 4.17. The van der Waals surface area contributed by atoms with Gasteiger partial charge in [-0.05, 0) is 37.1 Å². The van der Waals surface area contributed by atoms with Gasteiger partial charge in [0.15, 0.2) is 0 Å². The van der Waals surface area contributed by atoms with Crippen LogP contribution in [0.1, 0.15) is 29.3 Å². The minimum absolute atomic E-state index is 0.0182. The predicted molar refractivity (Wildman–Crippen MR) is 74.5 cm³/mol. The fourth-order valence-electron chi connectivity index (χ4n) is 2.91. The molecule has 2 heterocycles. The topological polar surface area (TPSA) is 69.6 Å². The molecular formula is C15H18N2O3. The summed E-state index contributed by atoms with van der Waals surface area (Å²) in [7, 11) is 0. The molecular weight excluding hydrogens is 256 g/mol. The van der Waals surface area contributed by atoms with Crippen LogP contribution < -0.4 is 5.32 Å². The van der Waals surface area contributed by atoms with Crippen LogP contribution in [0.5, 0.6) is 0 Å². The third kappa shape index (κ3) is 2.29. The molecule has 1 aromatic rings. The Morgan fingerprint density at radius 3 is 3.00 bits per heavy atom. The summed E-state index contributed by atoms with van der Waals surface area (Å²) < 4.78 is 0. The van der Waals surface area contributed by atoms with Crippen molar-refractivity contribution >= 4 is 17.5 Å². The van der Waals surface area contributed by atoms with Crippen LogP contribution in [0.3, 0.4) is 0 Å². The first-order valence-electron chi connectivity index (χ1n) is 6.94. The minimum atomic E-state index is -0.380. The number of carbonyl (C=O) groups excluding carboxylic acids is 2. The van der Waals surface area contributed by atoms with E-state index in [2.05, 4.69) is 5.32 Å². The maximum Gasteiger partial charge on any atom is 0.253 e. The Morgan fingerprint density at radius 1 is 1.50 bits per heavy atom. The zero-order valence-corrected chi connectivity index (χ0v) is 11.4. The quantitative estimate of drug-likeness (QED) is 0.846. The number of aliphatic hydroxyl groups excluding tert-OH is 1. The molecule has 2 amide bonds. The second-order valence-corrected chi connectivity index (χ2v) is 5.64. The lowest BCUT2D eigenvalue weighted by Crippen LogP contribution is -2.30. The van der Waals surface area contributed by atoms with Crippen LogP contribution in [0.2, 0.25) is 0 Å². The maximum atomic E-state index is 12.4. The molecule has 0 aromatic heterocycles. The van der Waals surface area contributed by atoms with E-state index in [1.807, 2.05) is 0 Å². The van der Waals surface area contributed by atoms with E-state index in [-0.39, 0.29) is 23.8 Å². The highest BCUT2D eigenvalue weighted by atomic mass is 16.3.